The number of hydrogen-bond acceptors (Lipinski definition) is 4. The Morgan fingerprint density at radius 3 is 2.17 bits per heavy atom. The Kier molecular flexibility index (Phi) is 6.99. The summed E-state index contributed by atoms with van der Waals surface area (Å²) in [4.78, 5) is 8.97. The van der Waals surface area contributed by atoms with Crippen LogP contribution in [0.2, 0.25) is 0 Å². The third-order valence-electron chi connectivity index (χ3n) is 5.37. The molecule has 0 amide bonds. The first-order valence-electron chi connectivity index (χ1n) is 10.5. The van der Waals surface area contributed by atoms with Gasteiger partial charge in [0, 0.05) is 38.1 Å². The lowest BCUT2D eigenvalue weighted by atomic mass is 10.0. The van der Waals surface area contributed by atoms with Crippen molar-refractivity contribution in [2.45, 2.75) is 34.1 Å². The third-order valence-corrected chi connectivity index (χ3v) is 5.37. The molecule has 4 nitrogen and oxygen atoms in total. The lowest BCUT2D eigenvalue weighted by Gasteiger charge is -2.32. The zero-order valence-electron chi connectivity index (χ0n) is 19.1. The van der Waals surface area contributed by atoms with E-state index in [1.807, 2.05) is 24.4 Å². The van der Waals surface area contributed by atoms with Gasteiger partial charge in [0.15, 0.2) is 0 Å². The number of anilines is 2. The molecule has 0 aliphatic heterocycles. The van der Waals surface area contributed by atoms with Gasteiger partial charge in [-0.2, -0.15) is 0 Å². The molecular weight excluding hydrogens is 370 g/mol. The van der Waals surface area contributed by atoms with Gasteiger partial charge in [-0.25, -0.2) is 0 Å². The van der Waals surface area contributed by atoms with Crippen molar-refractivity contribution in [3.8, 4) is 5.75 Å². The van der Waals surface area contributed by atoms with Crippen LogP contribution in [0.4, 0.5) is 11.4 Å². The SMILES string of the molecule is Cc1cc(C)c(N(C)CN(C)c2c(C)cccc2OCCc2ccccn2)c(C)c1. The predicted molar refractivity (Wildman–Crippen MR) is 127 cm³/mol. The molecule has 0 fully saturated rings. The highest BCUT2D eigenvalue weighted by atomic mass is 16.5. The quantitative estimate of drug-likeness (QED) is 0.467. The lowest BCUT2D eigenvalue weighted by Crippen LogP contribution is -2.34. The van der Waals surface area contributed by atoms with Gasteiger partial charge in [-0.3, -0.25) is 4.98 Å². The van der Waals surface area contributed by atoms with Crippen molar-refractivity contribution in [2.24, 2.45) is 0 Å². The summed E-state index contributed by atoms with van der Waals surface area (Å²) in [6, 6.07) is 16.7. The molecule has 0 N–H and O–H groups in total. The Hall–Kier alpha value is -3.01. The van der Waals surface area contributed by atoms with E-state index in [9.17, 15) is 0 Å². The fraction of sp³-hybridized carbons (Fsp3) is 0.346. The first-order valence-corrected chi connectivity index (χ1v) is 10.5. The van der Waals surface area contributed by atoms with Gasteiger partial charge < -0.3 is 14.5 Å². The molecular formula is C26H33N3O. The molecule has 4 heteroatoms. The third kappa shape index (κ3) is 5.12. The molecule has 0 unspecified atom stereocenters. The van der Waals surface area contributed by atoms with Gasteiger partial charge in [-0.15, -0.1) is 0 Å². The van der Waals surface area contributed by atoms with Crippen molar-refractivity contribution >= 4 is 11.4 Å². The highest BCUT2D eigenvalue weighted by Gasteiger charge is 2.16. The molecule has 3 aromatic rings. The van der Waals surface area contributed by atoms with E-state index in [1.54, 1.807) is 0 Å². The number of rotatable bonds is 8. The number of aryl methyl sites for hydroxylation is 4. The molecule has 0 bridgehead atoms. The first-order chi connectivity index (χ1) is 14.4. The zero-order valence-corrected chi connectivity index (χ0v) is 19.1. The van der Waals surface area contributed by atoms with Gasteiger partial charge >= 0.3 is 0 Å². The van der Waals surface area contributed by atoms with E-state index in [0.29, 0.717) is 6.61 Å². The van der Waals surface area contributed by atoms with Crippen molar-refractivity contribution in [1.82, 2.24) is 4.98 Å². The summed E-state index contributed by atoms with van der Waals surface area (Å²) in [5.74, 6) is 0.916. The zero-order chi connectivity index (χ0) is 21.7. The molecule has 158 valence electrons. The maximum Gasteiger partial charge on any atom is 0.142 e. The minimum atomic E-state index is 0.604. The molecule has 0 atom stereocenters. The fourth-order valence-corrected chi connectivity index (χ4v) is 4.28. The lowest BCUT2D eigenvalue weighted by molar-refractivity contribution is 0.321. The number of ether oxygens (including phenoxy) is 1. The predicted octanol–water partition coefficient (Wildman–Crippen LogP) is 5.47. The van der Waals surface area contributed by atoms with Crippen LogP contribution in [0.3, 0.4) is 0 Å². The van der Waals surface area contributed by atoms with Gasteiger partial charge in [0.2, 0.25) is 0 Å². The molecule has 0 saturated carbocycles. The first kappa shape index (κ1) is 21.7. The molecule has 0 spiro atoms. The Balaban J connectivity index is 1.74. The maximum absolute atomic E-state index is 6.19. The summed E-state index contributed by atoms with van der Waals surface area (Å²) in [7, 11) is 4.28. The summed E-state index contributed by atoms with van der Waals surface area (Å²) in [6.45, 7) is 10.0. The van der Waals surface area contributed by atoms with Crippen molar-refractivity contribution in [1.29, 1.82) is 0 Å². The van der Waals surface area contributed by atoms with E-state index in [0.717, 1.165) is 30.2 Å². The fourth-order valence-electron chi connectivity index (χ4n) is 4.28. The van der Waals surface area contributed by atoms with E-state index >= 15 is 0 Å². The van der Waals surface area contributed by atoms with Gasteiger partial charge in [0.05, 0.1) is 19.0 Å². The van der Waals surface area contributed by atoms with Crippen LogP contribution in [-0.2, 0) is 6.42 Å². The Labute approximate surface area is 181 Å². The van der Waals surface area contributed by atoms with Gasteiger partial charge in [-0.1, -0.05) is 35.9 Å². The summed E-state index contributed by atoms with van der Waals surface area (Å²) in [6.07, 6.45) is 2.62. The van der Waals surface area contributed by atoms with Crippen LogP contribution >= 0.6 is 0 Å². The van der Waals surface area contributed by atoms with Crippen molar-refractivity contribution in [3.63, 3.8) is 0 Å². The second-order valence-corrected chi connectivity index (χ2v) is 8.13. The molecule has 1 aromatic heterocycles. The van der Waals surface area contributed by atoms with Crippen LogP contribution in [0.1, 0.15) is 27.9 Å². The molecule has 1 heterocycles. The Bertz CT molecular complexity index is 962. The van der Waals surface area contributed by atoms with Crippen LogP contribution in [-0.4, -0.2) is 32.4 Å². The molecule has 2 aromatic carbocycles. The van der Waals surface area contributed by atoms with E-state index < -0.39 is 0 Å². The summed E-state index contributed by atoms with van der Waals surface area (Å²) in [5, 5.41) is 0. The van der Waals surface area contributed by atoms with Crippen LogP contribution < -0.4 is 14.5 Å². The molecule has 0 aliphatic rings. The molecule has 0 radical (unpaired) electrons. The molecule has 3 rings (SSSR count). The highest BCUT2D eigenvalue weighted by molar-refractivity contribution is 5.65. The van der Waals surface area contributed by atoms with Crippen LogP contribution in [0.25, 0.3) is 0 Å². The Morgan fingerprint density at radius 1 is 0.800 bits per heavy atom. The van der Waals surface area contributed by atoms with E-state index in [2.05, 4.69) is 86.9 Å². The second kappa shape index (κ2) is 9.66. The van der Waals surface area contributed by atoms with Crippen LogP contribution in [0.15, 0.2) is 54.7 Å². The highest BCUT2D eigenvalue weighted by Crippen LogP contribution is 2.33. The minimum absolute atomic E-state index is 0.604. The maximum atomic E-state index is 6.19. The van der Waals surface area contributed by atoms with Crippen LogP contribution in [0.5, 0.6) is 5.75 Å². The van der Waals surface area contributed by atoms with E-state index in [-0.39, 0.29) is 0 Å². The second-order valence-electron chi connectivity index (χ2n) is 8.13. The van der Waals surface area contributed by atoms with Gasteiger partial charge in [0.25, 0.3) is 0 Å². The topological polar surface area (TPSA) is 28.6 Å². The Morgan fingerprint density at radius 2 is 1.50 bits per heavy atom. The monoisotopic (exact) mass is 403 g/mol. The average Bonchev–Trinajstić information content (AvgIpc) is 2.68. The summed E-state index contributed by atoms with van der Waals surface area (Å²) < 4.78 is 6.19. The minimum Gasteiger partial charge on any atom is -0.491 e. The average molecular weight is 404 g/mol. The number of para-hydroxylation sites is 1. The normalized spacial score (nSPS) is 10.7. The number of pyridine rings is 1. The summed E-state index contributed by atoms with van der Waals surface area (Å²) in [5.41, 5.74) is 8.59. The molecule has 0 aliphatic carbocycles. The van der Waals surface area contributed by atoms with Crippen molar-refractivity contribution in [2.75, 3.05) is 37.2 Å². The van der Waals surface area contributed by atoms with Gasteiger partial charge in [0.1, 0.15) is 5.75 Å². The summed E-state index contributed by atoms with van der Waals surface area (Å²) >= 11 is 0. The number of nitrogens with zero attached hydrogens (tertiary/aromatic N) is 3. The largest absolute Gasteiger partial charge is 0.491 e. The number of aromatic nitrogens is 1. The van der Waals surface area contributed by atoms with Crippen molar-refractivity contribution in [3.05, 3.63) is 82.7 Å². The van der Waals surface area contributed by atoms with Crippen molar-refractivity contribution < 1.29 is 4.74 Å². The van der Waals surface area contributed by atoms with E-state index in [4.69, 9.17) is 4.74 Å². The number of hydrogen-bond donors (Lipinski definition) is 0. The molecule has 30 heavy (non-hydrogen) atoms. The number of benzene rings is 2. The van der Waals surface area contributed by atoms with Gasteiger partial charge in [-0.05, 0) is 62.6 Å². The van der Waals surface area contributed by atoms with Crippen LogP contribution in [0, 0.1) is 27.7 Å². The smallest absolute Gasteiger partial charge is 0.142 e. The molecule has 0 saturated heterocycles. The standard InChI is InChI=1S/C26H33N3O/c1-19-16-21(3)25(22(4)17-19)28(5)18-29(6)26-20(2)10-9-12-24(26)30-15-13-23-11-7-8-14-27-23/h7-12,14,16-17H,13,15,18H2,1-6H3. The van der Waals surface area contributed by atoms with E-state index in [1.165, 1.54) is 27.9 Å².